The summed E-state index contributed by atoms with van der Waals surface area (Å²) in [6.45, 7) is 0. The van der Waals surface area contributed by atoms with Gasteiger partial charge in [-0.3, -0.25) is 10.1 Å². The predicted molar refractivity (Wildman–Crippen MR) is 103 cm³/mol. The number of fused-ring (bicyclic) bond motifs is 1. The maximum absolute atomic E-state index is 12.2. The molecule has 138 valence electrons. The number of benzene rings is 1. The molecule has 0 aliphatic heterocycles. The molecule has 2 aromatic rings. The monoisotopic (exact) mass is 374 g/mol. The van der Waals surface area contributed by atoms with Crippen molar-refractivity contribution < 1.29 is 19.0 Å². The van der Waals surface area contributed by atoms with E-state index in [2.05, 4.69) is 10.3 Å². The third-order valence-corrected chi connectivity index (χ3v) is 5.26. The van der Waals surface area contributed by atoms with E-state index in [1.807, 2.05) is 0 Å². The van der Waals surface area contributed by atoms with Gasteiger partial charge in [0, 0.05) is 11.0 Å². The summed E-state index contributed by atoms with van der Waals surface area (Å²) < 4.78 is 15.9. The van der Waals surface area contributed by atoms with Crippen LogP contribution in [0.5, 0.6) is 17.2 Å². The molecule has 0 fully saturated rings. The summed E-state index contributed by atoms with van der Waals surface area (Å²) in [6, 6.07) is 3.57. The smallest absolute Gasteiger partial charge is 0.250 e. The van der Waals surface area contributed by atoms with Crippen molar-refractivity contribution >= 4 is 28.5 Å². The number of ether oxygens (including phenoxy) is 3. The molecule has 0 atom stereocenters. The third kappa shape index (κ3) is 3.99. The molecule has 1 aliphatic rings. The van der Waals surface area contributed by atoms with E-state index < -0.39 is 0 Å². The highest BCUT2D eigenvalue weighted by Crippen LogP contribution is 2.38. The lowest BCUT2D eigenvalue weighted by Gasteiger charge is -2.12. The Morgan fingerprint density at radius 1 is 1.12 bits per heavy atom. The van der Waals surface area contributed by atoms with Crippen molar-refractivity contribution in [1.82, 2.24) is 4.98 Å². The second-order valence-electron chi connectivity index (χ2n) is 5.88. The Labute approximate surface area is 156 Å². The van der Waals surface area contributed by atoms with Crippen LogP contribution in [0.15, 0.2) is 18.2 Å². The Bertz CT molecular complexity index is 780. The Kier molecular flexibility index (Phi) is 5.78. The molecular formula is C19H22N2O4S. The van der Waals surface area contributed by atoms with Gasteiger partial charge in [0.05, 0.1) is 27.0 Å². The molecule has 1 aliphatic carbocycles. The SMILES string of the molecule is COc1cc(/C=C/C(=O)Nc2nc3c(s2)CCCC3)cc(OC)c1OC. The van der Waals surface area contributed by atoms with Crippen molar-refractivity contribution in [3.8, 4) is 17.2 Å². The first-order valence-corrected chi connectivity index (χ1v) is 9.24. The van der Waals surface area contributed by atoms with Gasteiger partial charge in [0.2, 0.25) is 11.7 Å². The first-order chi connectivity index (χ1) is 12.6. The number of aryl methyl sites for hydroxylation is 2. The van der Waals surface area contributed by atoms with Crippen LogP contribution >= 0.6 is 11.3 Å². The Hall–Kier alpha value is -2.54. The molecule has 0 radical (unpaired) electrons. The lowest BCUT2D eigenvalue weighted by molar-refractivity contribution is -0.111. The van der Waals surface area contributed by atoms with Crippen molar-refractivity contribution in [1.29, 1.82) is 0 Å². The van der Waals surface area contributed by atoms with Crippen LogP contribution < -0.4 is 19.5 Å². The van der Waals surface area contributed by atoms with E-state index in [1.165, 1.54) is 23.8 Å². The summed E-state index contributed by atoms with van der Waals surface area (Å²) in [4.78, 5) is 18.0. The summed E-state index contributed by atoms with van der Waals surface area (Å²) in [5, 5.41) is 3.51. The number of amides is 1. The van der Waals surface area contributed by atoms with E-state index in [0.29, 0.717) is 22.4 Å². The number of aromatic nitrogens is 1. The minimum absolute atomic E-state index is 0.218. The third-order valence-electron chi connectivity index (χ3n) is 4.19. The number of rotatable bonds is 6. The molecule has 0 spiro atoms. The Balaban J connectivity index is 1.72. The van der Waals surface area contributed by atoms with E-state index in [9.17, 15) is 4.79 Å². The summed E-state index contributed by atoms with van der Waals surface area (Å²) >= 11 is 1.57. The van der Waals surface area contributed by atoms with Crippen molar-refractivity contribution in [2.75, 3.05) is 26.6 Å². The number of nitrogens with zero attached hydrogens (tertiary/aromatic N) is 1. The fraction of sp³-hybridized carbons (Fsp3) is 0.368. The lowest BCUT2D eigenvalue weighted by atomic mass is 10.0. The molecule has 0 unspecified atom stereocenters. The molecule has 1 N–H and O–H groups in total. The first-order valence-electron chi connectivity index (χ1n) is 8.42. The molecule has 7 heteroatoms. The molecule has 3 rings (SSSR count). The fourth-order valence-electron chi connectivity index (χ4n) is 2.92. The van der Waals surface area contributed by atoms with E-state index in [-0.39, 0.29) is 5.91 Å². The number of carbonyl (C=O) groups is 1. The molecule has 1 aromatic heterocycles. The highest BCUT2D eigenvalue weighted by molar-refractivity contribution is 7.15. The highest BCUT2D eigenvalue weighted by atomic mass is 32.1. The average Bonchev–Trinajstić information content (AvgIpc) is 3.07. The van der Waals surface area contributed by atoms with Crippen molar-refractivity contribution in [2.45, 2.75) is 25.7 Å². The van der Waals surface area contributed by atoms with Crippen molar-refractivity contribution in [3.05, 3.63) is 34.3 Å². The molecular weight excluding hydrogens is 352 g/mol. The number of hydrogen-bond acceptors (Lipinski definition) is 6. The summed E-state index contributed by atoms with van der Waals surface area (Å²) in [5.41, 5.74) is 1.90. The van der Waals surface area contributed by atoms with E-state index in [4.69, 9.17) is 14.2 Å². The van der Waals surface area contributed by atoms with Crippen LogP contribution in [0, 0.1) is 0 Å². The van der Waals surface area contributed by atoms with Crippen molar-refractivity contribution in [2.24, 2.45) is 0 Å². The van der Waals surface area contributed by atoms with Gasteiger partial charge < -0.3 is 14.2 Å². The molecule has 0 saturated heterocycles. The molecule has 26 heavy (non-hydrogen) atoms. The molecule has 1 aromatic carbocycles. The second-order valence-corrected chi connectivity index (χ2v) is 6.96. The largest absolute Gasteiger partial charge is 0.493 e. The number of methoxy groups -OCH3 is 3. The molecule has 0 bridgehead atoms. The van der Waals surface area contributed by atoms with Crippen LogP contribution in [-0.2, 0) is 17.6 Å². The van der Waals surface area contributed by atoms with Crippen LogP contribution in [0.1, 0.15) is 29.0 Å². The number of anilines is 1. The summed E-state index contributed by atoms with van der Waals surface area (Å²) in [7, 11) is 4.67. The number of thiazole rings is 1. The lowest BCUT2D eigenvalue weighted by Crippen LogP contribution is -2.07. The van der Waals surface area contributed by atoms with Crippen LogP contribution in [-0.4, -0.2) is 32.2 Å². The number of carbonyl (C=O) groups excluding carboxylic acids is 1. The predicted octanol–water partition coefficient (Wildman–Crippen LogP) is 3.70. The fourth-order valence-corrected chi connectivity index (χ4v) is 3.97. The highest BCUT2D eigenvalue weighted by Gasteiger charge is 2.16. The summed E-state index contributed by atoms with van der Waals surface area (Å²) in [5.74, 6) is 1.38. The van der Waals surface area contributed by atoms with Gasteiger partial charge in [-0.25, -0.2) is 4.98 Å². The van der Waals surface area contributed by atoms with Crippen LogP contribution in [0.3, 0.4) is 0 Å². The minimum atomic E-state index is -0.218. The first kappa shape index (κ1) is 18.3. The standard InChI is InChI=1S/C19H22N2O4S/c1-23-14-10-12(11-15(24-2)18(14)25-3)8-9-17(22)21-19-20-13-6-4-5-7-16(13)26-19/h8-11H,4-7H2,1-3H3,(H,20,21,22)/b9-8+. The minimum Gasteiger partial charge on any atom is -0.493 e. The van der Waals surface area contributed by atoms with Gasteiger partial charge in [-0.15, -0.1) is 11.3 Å². The van der Waals surface area contributed by atoms with Gasteiger partial charge in [-0.2, -0.15) is 0 Å². The van der Waals surface area contributed by atoms with Gasteiger partial charge in [0.1, 0.15) is 0 Å². The zero-order valence-corrected chi connectivity index (χ0v) is 15.9. The van der Waals surface area contributed by atoms with E-state index in [1.54, 1.807) is 50.9 Å². The zero-order valence-electron chi connectivity index (χ0n) is 15.1. The average molecular weight is 374 g/mol. The van der Waals surface area contributed by atoms with Crippen LogP contribution in [0.25, 0.3) is 6.08 Å². The molecule has 1 heterocycles. The topological polar surface area (TPSA) is 69.7 Å². The van der Waals surface area contributed by atoms with Gasteiger partial charge in [0.15, 0.2) is 16.6 Å². The number of hydrogen-bond donors (Lipinski definition) is 1. The quantitative estimate of drug-likeness (QED) is 0.781. The van der Waals surface area contributed by atoms with Gasteiger partial charge in [0.25, 0.3) is 0 Å². The van der Waals surface area contributed by atoms with Crippen LogP contribution in [0.4, 0.5) is 5.13 Å². The normalized spacial score (nSPS) is 13.3. The van der Waals surface area contributed by atoms with E-state index >= 15 is 0 Å². The Morgan fingerprint density at radius 3 is 2.42 bits per heavy atom. The zero-order chi connectivity index (χ0) is 18.5. The number of nitrogens with one attached hydrogen (secondary N) is 1. The Morgan fingerprint density at radius 2 is 1.81 bits per heavy atom. The van der Waals surface area contributed by atoms with Crippen LogP contribution in [0.2, 0.25) is 0 Å². The maximum atomic E-state index is 12.2. The van der Waals surface area contributed by atoms with Gasteiger partial charge in [-0.05, 0) is 49.5 Å². The van der Waals surface area contributed by atoms with E-state index in [0.717, 1.165) is 24.1 Å². The van der Waals surface area contributed by atoms with Gasteiger partial charge >= 0.3 is 0 Å². The second kappa shape index (κ2) is 8.23. The summed E-state index contributed by atoms with van der Waals surface area (Å²) in [6.07, 6.45) is 7.61. The van der Waals surface area contributed by atoms with Gasteiger partial charge in [-0.1, -0.05) is 0 Å². The maximum Gasteiger partial charge on any atom is 0.250 e. The van der Waals surface area contributed by atoms with Crippen molar-refractivity contribution in [3.63, 3.8) is 0 Å². The molecule has 0 saturated carbocycles. The molecule has 6 nitrogen and oxygen atoms in total. The molecule has 1 amide bonds.